The normalized spacial score (nSPS) is 15.6. The number of carbonyl (C=O) groups is 3. The van der Waals surface area contributed by atoms with Gasteiger partial charge in [0.25, 0.3) is 12.4 Å². The van der Waals surface area contributed by atoms with Crippen molar-refractivity contribution in [2.45, 2.75) is 13.0 Å². The van der Waals surface area contributed by atoms with Crippen LogP contribution in [-0.4, -0.2) is 66.1 Å². The van der Waals surface area contributed by atoms with Crippen LogP contribution in [0.5, 0.6) is 0 Å². The van der Waals surface area contributed by atoms with Crippen molar-refractivity contribution in [3.05, 3.63) is 65.9 Å². The zero-order valence-electron chi connectivity index (χ0n) is 17.9. The predicted molar refractivity (Wildman–Crippen MR) is 120 cm³/mol. The van der Waals surface area contributed by atoms with Crippen LogP contribution in [0.2, 0.25) is 0 Å². The number of benzene rings is 2. The summed E-state index contributed by atoms with van der Waals surface area (Å²) in [4.78, 5) is 38.5. The molecule has 2 aromatic carbocycles. The van der Waals surface area contributed by atoms with Crippen LogP contribution in [-0.2, 0) is 14.3 Å². The van der Waals surface area contributed by atoms with Crippen LogP contribution in [0.25, 0.3) is 22.0 Å². The molecule has 2 N–H and O–H groups in total. The molecule has 3 aromatic rings. The van der Waals surface area contributed by atoms with E-state index in [1.165, 1.54) is 0 Å². The quantitative estimate of drug-likeness (QED) is 0.610. The summed E-state index contributed by atoms with van der Waals surface area (Å²) in [6, 6.07) is 17.7. The molecule has 1 saturated heterocycles. The fourth-order valence-electron chi connectivity index (χ4n) is 3.50. The standard InChI is InChI=1S/C23H23N3O3.CH2O2/c1-15-6-11-20-19(4-3-5-21(20)25-15)16-7-9-17(10-8-16)23(28)24-12-18-13-26(2)22(27)14-29-18;2-1-3/h3-11,18H,12-14H2,1-2H3,(H,24,28);1H,(H,2,3). The van der Waals surface area contributed by atoms with Gasteiger partial charge in [0, 0.05) is 36.8 Å². The van der Waals surface area contributed by atoms with Gasteiger partial charge in [-0.1, -0.05) is 30.3 Å². The highest BCUT2D eigenvalue weighted by Gasteiger charge is 2.23. The molecular weight excluding hydrogens is 410 g/mol. The first-order valence-electron chi connectivity index (χ1n) is 10.1. The lowest BCUT2D eigenvalue weighted by Crippen LogP contribution is -2.48. The number of hydrogen-bond donors (Lipinski definition) is 2. The first-order valence-corrected chi connectivity index (χ1v) is 10.1. The highest BCUT2D eigenvalue weighted by Crippen LogP contribution is 2.28. The number of carboxylic acid groups (broad SMARTS) is 1. The lowest BCUT2D eigenvalue weighted by atomic mass is 9.99. The van der Waals surface area contributed by atoms with Crippen molar-refractivity contribution in [1.29, 1.82) is 0 Å². The monoisotopic (exact) mass is 435 g/mol. The summed E-state index contributed by atoms with van der Waals surface area (Å²) in [5.74, 6) is -0.197. The Morgan fingerprint density at radius 2 is 1.94 bits per heavy atom. The minimum atomic E-state index is -0.250. The Hall–Kier alpha value is -3.78. The number of nitrogens with zero attached hydrogens (tertiary/aromatic N) is 2. The lowest BCUT2D eigenvalue weighted by molar-refractivity contribution is -0.146. The number of ether oxygens (including phenoxy) is 1. The van der Waals surface area contributed by atoms with Crippen LogP contribution in [0.1, 0.15) is 16.1 Å². The molecule has 2 amide bonds. The number of aryl methyl sites for hydroxylation is 1. The minimum absolute atomic E-state index is 0.0399. The molecular formula is C24H25N3O5. The molecule has 8 heteroatoms. The molecule has 4 rings (SSSR count). The maximum absolute atomic E-state index is 12.5. The van der Waals surface area contributed by atoms with E-state index in [4.69, 9.17) is 14.6 Å². The average molecular weight is 435 g/mol. The molecule has 0 spiro atoms. The topological polar surface area (TPSA) is 109 Å². The van der Waals surface area contributed by atoms with Gasteiger partial charge in [-0.25, -0.2) is 0 Å². The average Bonchev–Trinajstić information content (AvgIpc) is 2.79. The third kappa shape index (κ3) is 5.47. The molecule has 1 aliphatic heterocycles. The molecule has 166 valence electrons. The Balaban J connectivity index is 0.000000913. The van der Waals surface area contributed by atoms with Gasteiger partial charge in [0.15, 0.2) is 0 Å². The highest BCUT2D eigenvalue weighted by atomic mass is 16.5. The van der Waals surface area contributed by atoms with Crippen LogP contribution >= 0.6 is 0 Å². The fraction of sp³-hybridized carbons (Fsp3) is 0.250. The Labute approximate surface area is 185 Å². The molecule has 1 fully saturated rings. The number of rotatable bonds is 4. The molecule has 0 bridgehead atoms. The molecule has 1 aromatic heterocycles. The number of amides is 2. The van der Waals surface area contributed by atoms with Gasteiger partial charge in [-0.15, -0.1) is 0 Å². The fourth-order valence-corrected chi connectivity index (χ4v) is 3.50. The summed E-state index contributed by atoms with van der Waals surface area (Å²) >= 11 is 0. The lowest BCUT2D eigenvalue weighted by Gasteiger charge is -2.29. The predicted octanol–water partition coefficient (Wildman–Crippen LogP) is 2.50. The zero-order valence-corrected chi connectivity index (χ0v) is 17.9. The summed E-state index contributed by atoms with van der Waals surface area (Å²) in [5, 5.41) is 10.9. The second kappa shape index (κ2) is 10.5. The number of fused-ring (bicyclic) bond motifs is 1. The van der Waals surface area contributed by atoms with Gasteiger partial charge < -0.3 is 20.1 Å². The molecule has 8 nitrogen and oxygen atoms in total. The van der Waals surface area contributed by atoms with Gasteiger partial charge >= 0.3 is 0 Å². The van der Waals surface area contributed by atoms with Crippen molar-refractivity contribution >= 4 is 29.2 Å². The largest absolute Gasteiger partial charge is 0.483 e. The first kappa shape index (κ1) is 22.9. The summed E-state index contributed by atoms with van der Waals surface area (Å²) in [6.07, 6.45) is -0.187. The number of nitrogens with one attached hydrogen (secondary N) is 1. The summed E-state index contributed by atoms with van der Waals surface area (Å²) in [6.45, 7) is 2.64. The van der Waals surface area contributed by atoms with Gasteiger partial charge in [-0.05, 0) is 42.3 Å². The maximum atomic E-state index is 12.5. The Bertz CT molecular complexity index is 1110. The maximum Gasteiger partial charge on any atom is 0.290 e. The summed E-state index contributed by atoms with van der Waals surface area (Å²) in [7, 11) is 1.74. The Morgan fingerprint density at radius 1 is 1.22 bits per heavy atom. The van der Waals surface area contributed by atoms with E-state index < -0.39 is 0 Å². The third-order valence-corrected chi connectivity index (χ3v) is 5.17. The van der Waals surface area contributed by atoms with Gasteiger partial charge in [0.2, 0.25) is 5.91 Å². The number of carbonyl (C=O) groups excluding carboxylic acids is 2. The van der Waals surface area contributed by atoms with E-state index >= 15 is 0 Å². The molecule has 0 radical (unpaired) electrons. The van der Waals surface area contributed by atoms with Crippen molar-refractivity contribution < 1.29 is 24.2 Å². The van der Waals surface area contributed by atoms with Crippen molar-refractivity contribution in [2.75, 3.05) is 26.7 Å². The van der Waals surface area contributed by atoms with Gasteiger partial charge in [0.1, 0.15) is 6.61 Å². The summed E-state index contributed by atoms with van der Waals surface area (Å²) < 4.78 is 5.46. The van der Waals surface area contributed by atoms with E-state index in [-0.39, 0.29) is 31.0 Å². The smallest absolute Gasteiger partial charge is 0.290 e. The Kier molecular flexibility index (Phi) is 7.51. The van der Waals surface area contributed by atoms with Crippen molar-refractivity contribution in [2.24, 2.45) is 0 Å². The van der Waals surface area contributed by atoms with Crippen molar-refractivity contribution in [3.8, 4) is 11.1 Å². The van der Waals surface area contributed by atoms with Crippen molar-refractivity contribution in [3.63, 3.8) is 0 Å². The van der Waals surface area contributed by atoms with Crippen molar-refractivity contribution in [1.82, 2.24) is 15.2 Å². The molecule has 0 aliphatic carbocycles. The van der Waals surface area contributed by atoms with E-state index in [2.05, 4.69) is 22.4 Å². The van der Waals surface area contributed by atoms with Gasteiger partial charge in [0.05, 0.1) is 11.6 Å². The zero-order chi connectivity index (χ0) is 23.1. The van der Waals surface area contributed by atoms with Crippen LogP contribution in [0.4, 0.5) is 0 Å². The van der Waals surface area contributed by atoms with Crippen LogP contribution in [0, 0.1) is 6.92 Å². The summed E-state index contributed by atoms with van der Waals surface area (Å²) in [5.41, 5.74) is 4.65. The highest BCUT2D eigenvalue weighted by molar-refractivity contribution is 5.97. The van der Waals surface area contributed by atoms with E-state index in [9.17, 15) is 9.59 Å². The van der Waals surface area contributed by atoms with E-state index in [0.29, 0.717) is 18.7 Å². The second-order valence-corrected chi connectivity index (χ2v) is 7.42. The second-order valence-electron chi connectivity index (χ2n) is 7.42. The van der Waals surface area contributed by atoms with E-state index in [1.807, 2.05) is 49.4 Å². The minimum Gasteiger partial charge on any atom is -0.483 e. The third-order valence-electron chi connectivity index (χ3n) is 5.17. The van der Waals surface area contributed by atoms with E-state index in [1.54, 1.807) is 11.9 Å². The molecule has 1 atom stereocenters. The SMILES string of the molecule is Cc1ccc2c(-c3ccc(C(=O)NCC4CN(C)C(=O)CO4)cc3)cccc2n1.O=CO. The number of likely N-dealkylation sites (N-methyl/N-ethyl adjacent to an activating group) is 1. The molecule has 2 heterocycles. The Morgan fingerprint density at radius 3 is 2.62 bits per heavy atom. The van der Waals surface area contributed by atoms with Gasteiger partial charge in [-0.2, -0.15) is 0 Å². The molecule has 1 aliphatic rings. The molecule has 32 heavy (non-hydrogen) atoms. The number of morpholine rings is 1. The van der Waals surface area contributed by atoms with E-state index in [0.717, 1.165) is 27.7 Å². The number of hydrogen-bond acceptors (Lipinski definition) is 5. The molecule has 1 unspecified atom stereocenters. The van der Waals surface area contributed by atoms with Gasteiger partial charge in [-0.3, -0.25) is 19.4 Å². The molecule has 0 saturated carbocycles. The van der Waals surface area contributed by atoms with Crippen LogP contribution in [0.15, 0.2) is 54.6 Å². The number of aromatic nitrogens is 1. The first-order chi connectivity index (χ1) is 15.4. The van der Waals surface area contributed by atoms with Crippen LogP contribution in [0.3, 0.4) is 0 Å². The van der Waals surface area contributed by atoms with Crippen LogP contribution < -0.4 is 5.32 Å². The number of pyridine rings is 1.